The number of fused-ring (bicyclic) bond motifs is 5. The van der Waals surface area contributed by atoms with Gasteiger partial charge in [-0.25, -0.2) is 0 Å². The summed E-state index contributed by atoms with van der Waals surface area (Å²) in [5.74, 6) is 4.34. The molecule has 6 heteroatoms. The first-order valence-electron chi connectivity index (χ1n) is 11.0. The van der Waals surface area contributed by atoms with Gasteiger partial charge in [0.05, 0.1) is 42.7 Å². The van der Waals surface area contributed by atoms with Crippen molar-refractivity contribution in [1.29, 1.82) is 0 Å². The molecule has 0 saturated heterocycles. The summed E-state index contributed by atoms with van der Waals surface area (Å²) in [6.45, 7) is 0. The van der Waals surface area contributed by atoms with Gasteiger partial charge in [-0.05, 0) is 69.8 Å². The van der Waals surface area contributed by atoms with Gasteiger partial charge < -0.3 is 28.4 Å². The highest BCUT2D eigenvalue weighted by Gasteiger charge is 2.43. The number of benzene rings is 3. The second-order valence-electron chi connectivity index (χ2n) is 8.30. The molecule has 0 bridgehead atoms. The molecule has 0 spiro atoms. The van der Waals surface area contributed by atoms with Crippen LogP contribution in [0.3, 0.4) is 0 Å². The highest BCUT2D eigenvalue weighted by molar-refractivity contribution is 5.80. The molecule has 5 rings (SSSR count). The van der Waals surface area contributed by atoms with Crippen LogP contribution in [-0.4, -0.2) is 42.7 Å². The van der Waals surface area contributed by atoms with Gasteiger partial charge in [-0.3, -0.25) is 0 Å². The highest BCUT2D eigenvalue weighted by Crippen LogP contribution is 2.59. The number of hydrogen-bond acceptors (Lipinski definition) is 6. The minimum atomic E-state index is 0.0176. The molecule has 3 aromatic rings. The molecular formula is C28H28O6. The predicted octanol–water partition coefficient (Wildman–Crippen LogP) is 5.41. The topological polar surface area (TPSA) is 55.4 Å². The summed E-state index contributed by atoms with van der Waals surface area (Å²) in [6.07, 6.45) is 2.27. The fourth-order valence-corrected chi connectivity index (χ4v) is 5.32. The fourth-order valence-electron chi connectivity index (χ4n) is 5.32. The van der Waals surface area contributed by atoms with Gasteiger partial charge in [0.25, 0.3) is 0 Å². The Kier molecular flexibility index (Phi) is 5.52. The maximum absolute atomic E-state index is 5.66. The van der Waals surface area contributed by atoms with E-state index in [1.165, 1.54) is 22.3 Å². The fraction of sp³-hybridized carbons (Fsp3) is 0.286. The minimum Gasteiger partial charge on any atom is -0.493 e. The van der Waals surface area contributed by atoms with Crippen LogP contribution in [0.25, 0.3) is 6.08 Å². The van der Waals surface area contributed by atoms with Gasteiger partial charge in [-0.2, -0.15) is 0 Å². The van der Waals surface area contributed by atoms with Crippen molar-refractivity contribution in [3.05, 3.63) is 75.9 Å². The zero-order valence-electron chi connectivity index (χ0n) is 20.2. The van der Waals surface area contributed by atoms with E-state index in [0.717, 1.165) is 11.1 Å². The summed E-state index contributed by atoms with van der Waals surface area (Å²) in [4.78, 5) is 0. The van der Waals surface area contributed by atoms with Crippen LogP contribution < -0.4 is 28.4 Å². The van der Waals surface area contributed by atoms with Crippen molar-refractivity contribution in [2.45, 2.75) is 11.8 Å². The molecule has 0 radical (unpaired) electrons. The van der Waals surface area contributed by atoms with Crippen molar-refractivity contribution in [3.63, 3.8) is 0 Å². The largest absolute Gasteiger partial charge is 0.493 e. The molecule has 0 unspecified atom stereocenters. The Morgan fingerprint density at radius 1 is 0.471 bits per heavy atom. The van der Waals surface area contributed by atoms with Crippen LogP contribution in [0.1, 0.15) is 39.7 Å². The van der Waals surface area contributed by atoms with Gasteiger partial charge in [0, 0.05) is 11.8 Å². The van der Waals surface area contributed by atoms with Crippen molar-refractivity contribution in [2.24, 2.45) is 0 Å². The smallest absolute Gasteiger partial charge is 0.161 e. The monoisotopic (exact) mass is 460 g/mol. The molecule has 3 aromatic carbocycles. The Balaban J connectivity index is 1.75. The zero-order chi connectivity index (χ0) is 24.0. The van der Waals surface area contributed by atoms with Gasteiger partial charge in [-0.15, -0.1) is 0 Å². The molecule has 0 fully saturated rings. The summed E-state index contributed by atoms with van der Waals surface area (Å²) in [5.41, 5.74) is 7.08. The molecule has 0 heterocycles. The van der Waals surface area contributed by atoms with Crippen molar-refractivity contribution >= 4 is 6.08 Å². The predicted molar refractivity (Wildman–Crippen MR) is 130 cm³/mol. The summed E-state index contributed by atoms with van der Waals surface area (Å²) in [5, 5.41) is 0. The Morgan fingerprint density at radius 3 is 1.50 bits per heavy atom. The van der Waals surface area contributed by atoms with Crippen LogP contribution in [0.2, 0.25) is 0 Å². The Labute approximate surface area is 199 Å². The lowest BCUT2D eigenvalue weighted by atomic mass is 9.88. The molecule has 0 amide bonds. The van der Waals surface area contributed by atoms with Crippen molar-refractivity contribution in [1.82, 2.24) is 0 Å². The molecule has 176 valence electrons. The number of rotatable bonds is 7. The molecule has 6 nitrogen and oxygen atoms in total. The first-order chi connectivity index (χ1) is 16.6. The molecule has 0 aromatic heterocycles. The van der Waals surface area contributed by atoms with E-state index >= 15 is 0 Å². The van der Waals surface area contributed by atoms with E-state index in [1.54, 1.807) is 42.7 Å². The second-order valence-corrected chi connectivity index (χ2v) is 8.30. The van der Waals surface area contributed by atoms with Crippen LogP contribution in [0.4, 0.5) is 0 Å². The van der Waals surface area contributed by atoms with Gasteiger partial charge in [-0.1, -0.05) is 12.1 Å². The summed E-state index contributed by atoms with van der Waals surface area (Å²) in [6, 6.07) is 14.4. The third-order valence-corrected chi connectivity index (χ3v) is 6.84. The average Bonchev–Trinajstić information content (AvgIpc) is 3.39. The molecule has 0 N–H and O–H groups in total. The number of allylic oxidation sites excluding steroid dienone is 1. The minimum absolute atomic E-state index is 0.0176. The van der Waals surface area contributed by atoms with E-state index in [9.17, 15) is 0 Å². The van der Waals surface area contributed by atoms with Crippen LogP contribution in [0.5, 0.6) is 34.5 Å². The zero-order valence-corrected chi connectivity index (χ0v) is 20.2. The summed E-state index contributed by atoms with van der Waals surface area (Å²) >= 11 is 0. The van der Waals surface area contributed by atoms with Crippen molar-refractivity contribution in [2.75, 3.05) is 42.7 Å². The SMILES string of the molecule is COc1ccc([C@@H]2C3=Cc4cc(OC)c(OC)cc4[C@H]3c3cc(OC)c(OC)cc32)cc1OC. The number of hydrogen-bond donors (Lipinski definition) is 0. The van der Waals surface area contributed by atoms with E-state index in [1.807, 2.05) is 12.1 Å². The lowest BCUT2D eigenvalue weighted by Gasteiger charge is -2.18. The van der Waals surface area contributed by atoms with Gasteiger partial charge in [0.2, 0.25) is 0 Å². The first-order valence-corrected chi connectivity index (χ1v) is 11.0. The van der Waals surface area contributed by atoms with E-state index in [4.69, 9.17) is 28.4 Å². The molecule has 2 aliphatic carbocycles. The van der Waals surface area contributed by atoms with E-state index in [0.29, 0.717) is 34.5 Å². The second kappa shape index (κ2) is 8.52. The Morgan fingerprint density at radius 2 is 0.941 bits per heavy atom. The van der Waals surface area contributed by atoms with Crippen LogP contribution >= 0.6 is 0 Å². The standard InChI is InChI=1S/C28H28O6/c1-29-21-8-7-15(10-22(21)30-2)27-18-13-25(33-5)26(34-6)14-19(18)28-17-12-24(32-4)23(31-3)11-16(17)9-20(27)28/h7-14,27-28H,1-6H3/t27-,28-/m0/s1. The lowest BCUT2D eigenvalue weighted by molar-refractivity contribution is 0.353. The van der Waals surface area contributed by atoms with Crippen molar-refractivity contribution in [3.8, 4) is 34.5 Å². The van der Waals surface area contributed by atoms with E-state index < -0.39 is 0 Å². The first kappa shape index (κ1) is 22.0. The van der Waals surface area contributed by atoms with E-state index in [2.05, 4.69) is 36.4 Å². The Hall–Kier alpha value is -3.80. The quantitative estimate of drug-likeness (QED) is 0.470. The van der Waals surface area contributed by atoms with Crippen LogP contribution in [0, 0.1) is 0 Å². The van der Waals surface area contributed by atoms with Gasteiger partial charge in [0.15, 0.2) is 34.5 Å². The molecule has 2 aliphatic rings. The molecule has 2 atom stereocenters. The van der Waals surface area contributed by atoms with Gasteiger partial charge in [0.1, 0.15) is 0 Å². The third kappa shape index (κ3) is 3.16. The highest BCUT2D eigenvalue weighted by atomic mass is 16.5. The van der Waals surface area contributed by atoms with Crippen LogP contribution in [-0.2, 0) is 0 Å². The average molecular weight is 461 g/mol. The van der Waals surface area contributed by atoms with Crippen molar-refractivity contribution < 1.29 is 28.4 Å². The third-order valence-electron chi connectivity index (χ3n) is 6.84. The molecule has 0 aliphatic heterocycles. The Bertz CT molecular complexity index is 1270. The molecular weight excluding hydrogens is 432 g/mol. The molecule has 0 saturated carbocycles. The lowest BCUT2D eigenvalue weighted by Crippen LogP contribution is -2.01. The van der Waals surface area contributed by atoms with E-state index in [-0.39, 0.29) is 11.8 Å². The number of ether oxygens (including phenoxy) is 6. The van der Waals surface area contributed by atoms with Crippen LogP contribution in [0.15, 0.2) is 48.0 Å². The maximum Gasteiger partial charge on any atom is 0.161 e. The number of methoxy groups -OCH3 is 6. The normalized spacial score (nSPS) is 17.3. The maximum atomic E-state index is 5.66. The van der Waals surface area contributed by atoms with Gasteiger partial charge >= 0.3 is 0 Å². The summed E-state index contributed by atoms with van der Waals surface area (Å²) < 4.78 is 33.6. The molecule has 34 heavy (non-hydrogen) atoms. The summed E-state index contributed by atoms with van der Waals surface area (Å²) in [7, 11) is 9.95.